The Kier molecular flexibility index (Phi) is 28.4. The van der Waals surface area contributed by atoms with E-state index < -0.39 is 82.0 Å². The van der Waals surface area contributed by atoms with Crippen LogP contribution in [0.4, 0.5) is 5.82 Å². The molecular weight excluding hydrogens is 1020 g/mol. The molecule has 1 saturated heterocycles. The number of carboxylic acid groups (broad SMARTS) is 1. The van der Waals surface area contributed by atoms with Gasteiger partial charge in [0.15, 0.2) is 6.10 Å². The van der Waals surface area contributed by atoms with E-state index in [1.165, 1.54) is 5.56 Å². The second-order valence-corrected chi connectivity index (χ2v) is 19.0. The van der Waals surface area contributed by atoms with Crippen molar-refractivity contribution in [2.45, 2.75) is 77.2 Å². The minimum absolute atomic E-state index is 0.0257. The molecule has 0 bridgehead atoms. The molecule has 0 saturated carbocycles. The highest BCUT2D eigenvalue weighted by Crippen LogP contribution is 2.38. The van der Waals surface area contributed by atoms with Crippen LogP contribution in [0.3, 0.4) is 0 Å². The molecule has 4 amide bonds. The highest BCUT2D eigenvalue weighted by atomic mass is 31.2. The third-order valence-electron chi connectivity index (χ3n) is 11.5. The molecule has 2 aliphatic heterocycles. The lowest BCUT2D eigenvalue weighted by Crippen LogP contribution is -2.39. The Morgan fingerprint density at radius 3 is 2.13 bits per heavy atom. The third-order valence-corrected chi connectivity index (χ3v) is 12.4. The van der Waals surface area contributed by atoms with Crippen LogP contribution in [0.15, 0.2) is 36.4 Å². The van der Waals surface area contributed by atoms with Crippen LogP contribution in [0.5, 0.6) is 5.75 Å². The number of carbonyl (C=O) groups is 8. The summed E-state index contributed by atoms with van der Waals surface area (Å²) in [5, 5.41) is 20.4. The number of esters is 3. The summed E-state index contributed by atoms with van der Waals surface area (Å²) in [5.41, 5.74) is 2.92. The zero-order chi connectivity index (χ0) is 55.1. The monoisotopic (exact) mass is 1090 g/mol. The lowest BCUT2D eigenvalue weighted by Gasteiger charge is -2.33. The Morgan fingerprint density at radius 1 is 0.789 bits per heavy atom. The molecule has 1 fully saturated rings. The van der Waals surface area contributed by atoms with Gasteiger partial charge >= 0.3 is 23.9 Å². The molecular formula is C49H70N6O20P-. The van der Waals surface area contributed by atoms with E-state index in [1.807, 2.05) is 11.0 Å². The van der Waals surface area contributed by atoms with Crippen molar-refractivity contribution in [3.63, 3.8) is 0 Å². The van der Waals surface area contributed by atoms with E-state index >= 15 is 0 Å². The van der Waals surface area contributed by atoms with Gasteiger partial charge in [0, 0.05) is 58.7 Å². The van der Waals surface area contributed by atoms with Crippen molar-refractivity contribution < 1.29 is 95.1 Å². The molecule has 3 atom stereocenters. The number of carbonyl (C=O) groups excluding carboxylic acids is 7. The van der Waals surface area contributed by atoms with Gasteiger partial charge < -0.3 is 78.4 Å². The number of ether oxygens (including phenoxy) is 7. The van der Waals surface area contributed by atoms with Crippen LogP contribution >= 0.6 is 7.82 Å². The molecule has 4 rings (SSSR count). The van der Waals surface area contributed by atoms with Gasteiger partial charge in [0.25, 0.3) is 7.82 Å². The summed E-state index contributed by atoms with van der Waals surface area (Å²) < 4.78 is 57.1. The number of aliphatic carboxylic acids is 1. The van der Waals surface area contributed by atoms with Crippen LogP contribution in [0.25, 0.3) is 0 Å². The number of likely N-dealkylation sites (tertiary alicyclic amines) is 1. The number of aromatic nitrogens is 1. The Morgan fingerprint density at radius 2 is 1.45 bits per heavy atom. The Hall–Kier alpha value is -6.12. The number of nitrogens with zero attached hydrogens (tertiary/aromatic N) is 2. The molecule has 422 valence electrons. The maximum absolute atomic E-state index is 13.0. The van der Waals surface area contributed by atoms with E-state index in [0.29, 0.717) is 32.4 Å². The Labute approximate surface area is 440 Å². The number of benzene rings is 1. The zero-order valence-electron chi connectivity index (χ0n) is 42.9. The molecule has 27 heteroatoms. The van der Waals surface area contributed by atoms with Crippen molar-refractivity contribution in [3.8, 4) is 5.75 Å². The standard InChI is InChI=1S/C49H71N6O20P/c1-34(56)71-29-42(74-35(2)57)30-73-76(65,66)72-21-17-51-44(59)31-68-23-22-67-20-16-50-43(58)28-53-45(60)32-69-24-25-70-33-48(64)75-41-10-6-37(7-11-41)39(27-47(62)63)26-36-13-18-55(19-14-36)46(61)12-9-40-8-5-38-4-3-15-52-49(38)54-40/h5-8,10-11,36,39,42H,3-4,9,12-33H2,1-2H3,(H,50,58)(H,51,59)(H,52,54)(H,53,60)(H,62,63)(H,65,66)/p-1. The SMILES string of the molecule is CC(=O)OCC(COP(=O)([O-])OCCNC(=O)COCCOCCNC(=O)CNC(=O)COCCOCC(=O)Oc1ccc(C(CC(=O)O)CC2CCN(C(=O)CCc3ccc4c(n3)NCCC4)CC2)cc1)OC(C)=O. The summed E-state index contributed by atoms with van der Waals surface area (Å²) in [5.74, 6) is -3.36. The van der Waals surface area contributed by atoms with Gasteiger partial charge in [-0.25, -0.2) is 9.78 Å². The number of carboxylic acids is 1. The van der Waals surface area contributed by atoms with Gasteiger partial charge in [-0.15, -0.1) is 0 Å². The van der Waals surface area contributed by atoms with E-state index in [1.54, 1.807) is 24.3 Å². The number of phosphoric acid groups is 1. The number of aryl methyl sites for hydroxylation is 2. The van der Waals surface area contributed by atoms with Gasteiger partial charge in [0.2, 0.25) is 23.6 Å². The van der Waals surface area contributed by atoms with E-state index in [4.69, 9.17) is 38.1 Å². The molecule has 0 radical (unpaired) electrons. The van der Waals surface area contributed by atoms with Crippen LogP contribution in [0.1, 0.15) is 75.1 Å². The topological polar surface area (TPSA) is 344 Å². The lowest BCUT2D eigenvalue weighted by atomic mass is 9.82. The molecule has 3 unspecified atom stereocenters. The second-order valence-electron chi connectivity index (χ2n) is 17.6. The lowest BCUT2D eigenvalue weighted by molar-refractivity contribution is -0.228. The first-order chi connectivity index (χ1) is 36.4. The fourth-order valence-electron chi connectivity index (χ4n) is 7.79. The van der Waals surface area contributed by atoms with Crippen LogP contribution in [-0.4, -0.2) is 181 Å². The molecule has 5 N–H and O–H groups in total. The minimum atomic E-state index is -4.84. The predicted octanol–water partition coefficient (Wildman–Crippen LogP) is 0.576. The quantitative estimate of drug-likeness (QED) is 0.0270. The van der Waals surface area contributed by atoms with Crippen molar-refractivity contribution in [2.75, 3.05) is 117 Å². The number of piperidine rings is 1. The maximum Gasteiger partial charge on any atom is 0.337 e. The fourth-order valence-corrected chi connectivity index (χ4v) is 8.53. The molecule has 26 nitrogen and oxygen atoms in total. The van der Waals surface area contributed by atoms with E-state index in [-0.39, 0.29) is 95.8 Å². The van der Waals surface area contributed by atoms with Gasteiger partial charge in [-0.3, -0.25) is 38.1 Å². The summed E-state index contributed by atoms with van der Waals surface area (Å²) in [6.45, 7) is 1.44. The highest BCUT2D eigenvalue weighted by Gasteiger charge is 2.27. The van der Waals surface area contributed by atoms with Gasteiger partial charge in [-0.1, -0.05) is 18.2 Å². The maximum atomic E-state index is 13.0. The molecule has 2 aliphatic rings. The average molecular weight is 1090 g/mol. The smallest absolute Gasteiger partial charge is 0.337 e. The van der Waals surface area contributed by atoms with Crippen LogP contribution in [0.2, 0.25) is 0 Å². The van der Waals surface area contributed by atoms with Crippen molar-refractivity contribution in [3.05, 3.63) is 53.2 Å². The molecule has 1 aromatic heterocycles. The predicted molar refractivity (Wildman–Crippen MR) is 264 cm³/mol. The number of pyridine rings is 1. The first kappa shape index (κ1) is 62.4. The zero-order valence-corrected chi connectivity index (χ0v) is 43.8. The largest absolute Gasteiger partial charge is 0.756 e. The summed E-state index contributed by atoms with van der Waals surface area (Å²) in [4.78, 5) is 114. The highest BCUT2D eigenvalue weighted by molar-refractivity contribution is 7.45. The van der Waals surface area contributed by atoms with E-state index in [0.717, 1.165) is 63.2 Å². The van der Waals surface area contributed by atoms with E-state index in [9.17, 15) is 52.9 Å². The summed E-state index contributed by atoms with van der Waals surface area (Å²) in [6, 6.07) is 10.8. The number of phosphoric ester groups is 1. The van der Waals surface area contributed by atoms with Gasteiger partial charge in [-0.2, -0.15) is 0 Å². The van der Waals surface area contributed by atoms with E-state index in [2.05, 4.69) is 36.4 Å². The van der Waals surface area contributed by atoms with Gasteiger partial charge in [-0.05, 0) is 79.7 Å². The summed E-state index contributed by atoms with van der Waals surface area (Å²) in [7, 11) is -4.84. The number of anilines is 1. The Bertz CT molecular complexity index is 2250. The number of nitrogens with one attached hydrogen (secondary N) is 4. The third kappa shape index (κ3) is 26.6. The first-order valence-corrected chi connectivity index (χ1v) is 26.4. The second kappa shape index (κ2) is 34.5. The van der Waals surface area contributed by atoms with Crippen molar-refractivity contribution in [2.24, 2.45) is 5.92 Å². The molecule has 1 aromatic carbocycles. The normalized spacial score (nSPS) is 14.9. The van der Waals surface area contributed by atoms with Gasteiger partial charge in [0.1, 0.15) is 38.0 Å². The van der Waals surface area contributed by atoms with Crippen molar-refractivity contribution in [1.29, 1.82) is 0 Å². The summed E-state index contributed by atoms with van der Waals surface area (Å²) >= 11 is 0. The number of amides is 4. The average Bonchev–Trinajstić information content (AvgIpc) is 3.38. The first-order valence-electron chi connectivity index (χ1n) is 25.0. The van der Waals surface area contributed by atoms with Crippen LogP contribution in [-0.2, 0) is 93.2 Å². The van der Waals surface area contributed by atoms with Crippen LogP contribution < -0.4 is 30.9 Å². The van der Waals surface area contributed by atoms with Crippen molar-refractivity contribution in [1.82, 2.24) is 25.8 Å². The van der Waals surface area contributed by atoms with Gasteiger partial charge in [0.05, 0.1) is 59.2 Å². The van der Waals surface area contributed by atoms with Crippen molar-refractivity contribution >= 4 is 61.1 Å². The molecule has 0 spiro atoms. The molecule has 2 aromatic rings. The Balaban J connectivity index is 0.957. The number of rotatable bonds is 36. The molecule has 0 aliphatic carbocycles. The number of fused-ring (bicyclic) bond motifs is 1. The molecule has 76 heavy (non-hydrogen) atoms. The molecule has 3 heterocycles. The number of hydrogen-bond donors (Lipinski definition) is 5. The van der Waals surface area contributed by atoms with Crippen LogP contribution in [0, 0.1) is 5.92 Å². The summed E-state index contributed by atoms with van der Waals surface area (Å²) in [6.07, 6.45) is 4.02. The minimum Gasteiger partial charge on any atom is -0.756 e. The fraction of sp³-hybridized carbons (Fsp3) is 0.612. The number of hydrogen-bond acceptors (Lipinski definition) is 21.